The number of rotatable bonds is 2. The van der Waals surface area contributed by atoms with Crippen molar-refractivity contribution in [3.63, 3.8) is 0 Å². The lowest BCUT2D eigenvalue weighted by Gasteiger charge is -2.16. The largest absolute Gasteiger partial charge is 0.454 e. The van der Waals surface area contributed by atoms with E-state index in [2.05, 4.69) is 20.9 Å². The number of pyridine rings is 1. The summed E-state index contributed by atoms with van der Waals surface area (Å²) in [6.07, 6.45) is -4.96. The van der Waals surface area contributed by atoms with Gasteiger partial charge in [-0.1, -0.05) is 42.5 Å². The van der Waals surface area contributed by atoms with E-state index in [0.717, 1.165) is 0 Å². The summed E-state index contributed by atoms with van der Waals surface area (Å²) in [5.74, 6) is -1.88. The van der Waals surface area contributed by atoms with Gasteiger partial charge in [0.05, 0.1) is 11.1 Å². The standard InChI is InChI=1S/C18H11BrF3NO/c1-10-14(17(24)18(20,21)22)15(11-6-3-2-4-7-11)12-8-5-9-13(19)16(12)23-10/h2-9H,1H3. The lowest BCUT2D eigenvalue weighted by molar-refractivity contribution is -0.0885. The maximum absolute atomic E-state index is 13.1. The van der Waals surface area contributed by atoms with Crippen molar-refractivity contribution in [2.24, 2.45) is 0 Å². The smallest absolute Gasteiger partial charge is 0.284 e. The number of para-hydroxylation sites is 1. The van der Waals surface area contributed by atoms with Gasteiger partial charge in [0.1, 0.15) is 0 Å². The summed E-state index contributed by atoms with van der Waals surface area (Å²) in [6, 6.07) is 13.7. The average molecular weight is 394 g/mol. The summed E-state index contributed by atoms with van der Waals surface area (Å²) in [5.41, 5.74) is 0.961. The molecule has 0 aliphatic rings. The quantitative estimate of drug-likeness (QED) is 0.521. The molecule has 122 valence electrons. The van der Waals surface area contributed by atoms with Gasteiger partial charge in [0.2, 0.25) is 0 Å². The van der Waals surface area contributed by atoms with Crippen LogP contribution in [-0.2, 0) is 0 Å². The van der Waals surface area contributed by atoms with Gasteiger partial charge in [-0.15, -0.1) is 0 Å². The molecule has 0 saturated carbocycles. The Morgan fingerprint density at radius 1 is 1.04 bits per heavy atom. The van der Waals surface area contributed by atoms with E-state index in [0.29, 0.717) is 20.9 Å². The number of alkyl halides is 3. The molecule has 0 aliphatic carbocycles. The summed E-state index contributed by atoms with van der Waals surface area (Å²) in [7, 11) is 0. The lowest BCUT2D eigenvalue weighted by Crippen LogP contribution is -2.25. The van der Waals surface area contributed by atoms with Crippen molar-refractivity contribution < 1.29 is 18.0 Å². The van der Waals surface area contributed by atoms with E-state index in [-0.39, 0.29) is 11.3 Å². The van der Waals surface area contributed by atoms with Crippen molar-refractivity contribution in [2.45, 2.75) is 13.1 Å². The molecule has 3 rings (SSSR count). The van der Waals surface area contributed by atoms with Crippen molar-refractivity contribution in [3.05, 3.63) is 64.3 Å². The van der Waals surface area contributed by atoms with Crippen LogP contribution >= 0.6 is 15.9 Å². The molecule has 2 nitrogen and oxygen atoms in total. The number of aromatic nitrogens is 1. The van der Waals surface area contributed by atoms with Crippen LogP contribution in [0.5, 0.6) is 0 Å². The minimum absolute atomic E-state index is 0.0515. The third-order valence-electron chi connectivity index (χ3n) is 3.69. The first-order valence-electron chi connectivity index (χ1n) is 7.06. The van der Waals surface area contributed by atoms with E-state index < -0.39 is 17.5 Å². The summed E-state index contributed by atoms with van der Waals surface area (Å²) < 4.78 is 40.0. The molecule has 0 fully saturated rings. The normalized spacial score (nSPS) is 11.7. The Hall–Kier alpha value is -2.21. The van der Waals surface area contributed by atoms with E-state index in [1.54, 1.807) is 48.5 Å². The maximum atomic E-state index is 13.1. The molecule has 6 heteroatoms. The highest BCUT2D eigenvalue weighted by Gasteiger charge is 2.42. The molecular weight excluding hydrogens is 383 g/mol. The highest BCUT2D eigenvalue weighted by Crippen LogP contribution is 2.38. The molecule has 0 spiro atoms. The van der Waals surface area contributed by atoms with Crippen LogP contribution in [0.25, 0.3) is 22.0 Å². The fourth-order valence-electron chi connectivity index (χ4n) is 2.69. The van der Waals surface area contributed by atoms with Crippen LogP contribution in [-0.4, -0.2) is 16.9 Å². The average Bonchev–Trinajstić information content (AvgIpc) is 2.54. The van der Waals surface area contributed by atoms with Gasteiger partial charge < -0.3 is 0 Å². The lowest BCUT2D eigenvalue weighted by atomic mass is 9.92. The molecule has 0 aliphatic heterocycles. The monoisotopic (exact) mass is 393 g/mol. The molecule has 24 heavy (non-hydrogen) atoms. The van der Waals surface area contributed by atoms with Gasteiger partial charge in [0.15, 0.2) is 0 Å². The number of carbonyl (C=O) groups is 1. The van der Waals surface area contributed by atoms with Gasteiger partial charge in [-0.3, -0.25) is 9.78 Å². The Morgan fingerprint density at radius 3 is 2.33 bits per heavy atom. The summed E-state index contributed by atoms with van der Waals surface area (Å²) >= 11 is 3.37. The van der Waals surface area contributed by atoms with E-state index in [1.807, 2.05) is 0 Å². The van der Waals surface area contributed by atoms with Crippen molar-refractivity contribution in [3.8, 4) is 11.1 Å². The first-order chi connectivity index (χ1) is 11.3. The van der Waals surface area contributed by atoms with Gasteiger partial charge in [0, 0.05) is 21.1 Å². The number of hydrogen-bond donors (Lipinski definition) is 0. The van der Waals surface area contributed by atoms with Crippen LogP contribution < -0.4 is 0 Å². The third kappa shape index (κ3) is 2.82. The second-order valence-corrected chi connectivity index (χ2v) is 6.13. The number of aryl methyl sites for hydroxylation is 1. The van der Waals surface area contributed by atoms with E-state index >= 15 is 0 Å². The Bertz CT molecular complexity index is 936. The Labute approximate surface area is 144 Å². The second kappa shape index (κ2) is 6.02. The highest BCUT2D eigenvalue weighted by molar-refractivity contribution is 9.10. The van der Waals surface area contributed by atoms with Crippen molar-refractivity contribution >= 4 is 32.6 Å². The van der Waals surface area contributed by atoms with Gasteiger partial charge in [0.25, 0.3) is 5.78 Å². The molecule has 0 bridgehead atoms. The zero-order valence-electron chi connectivity index (χ0n) is 12.5. The predicted octanol–water partition coefficient (Wildman–Crippen LogP) is 5.72. The van der Waals surface area contributed by atoms with Gasteiger partial charge >= 0.3 is 6.18 Å². The number of nitrogens with zero attached hydrogens (tertiary/aromatic N) is 1. The molecule has 1 aromatic heterocycles. The van der Waals surface area contributed by atoms with Crippen LogP contribution in [0, 0.1) is 6.92 Å². The molecular formula is C18H11BrF3NO. The molecule has 0 amide bonds. The molecule has 0 N–H and O–H groups in total. The summed E-state index contributed by atoms with van der Waals surface area (Å²) in [6.45, 7) is 1.42. The topological polar surface area (TPSA) is 30.0 Å². The first-order valence-corrected chi connectivity index (χ1v) is 7.85. The van der Waals surface area contributed by atoms with Gasteiger partial charge in [-0.05, 0) is 34.5 Å². The number of ketones is 1. The summed E-state index contributed by atoms with van der Waals surface area (Å²) in [4.78, 5) is 16.3. The number of Topliss-reactive ketones (excluding diaryl/α,β-unsaturated/α-hetero) is 1. The van der Waals surface area contributed by atoms with Crippen molar-refractivity contribution in [2.75, 3.05) is 0 Å². The van der Waals surface area contributed by atoms with E-state index in [4.69, 9.17) is 0 Å². The zero-order valence-corrected chi connectivity index (χ0v) is 14.1. The maximum Gasteiger partial charge on any atom is 0.454 e. The molecule has 0 radical (unpaired) electrons. The molecule has 1 heterocycles. The van der Waals surface area contributed by atoms with Gasteiger partial charge in [-0.2, -0.15) is 13.2 Å². The number of halogens is 4. The molecule has 0 saturated heterocycles. The van der Waals surface area contributed by atoms with Crippen LogP contribution in [0.1, 0.15) is 16.1 Å². The molecule has 0 unspecified atom stereocenters. The molecule has 2 aromatic carbocycles. The second-order valence-electron chi connectivity index (χ2n) is 5.28. The zero-order chi connectivity index (χ0) is 17.5. The fourth-order valence-corrected chi connectivity index (χ4v) is 3.15. The Kier molecular flexibility index (Phi) is 4.17. The van der Waals surface area contributed by atoms with Crippen LogP contribution in [0.2, 0.25) is 0 Å². The third-order valence-corrected chi connectivity index (χ3v) is 4.33. The number of fused-ring (bicyclic) bond motifs is 1. The summed E-state index contributed by atoms with van der Waals surface area (Å²) in [5, 5.41) is 0.494. The van der Waals surface area contributed by atoms with Crippen LogP contribution in [0.3, 0.4) is 0 Å². The molecule has 3 aromatic rings. The van der Waals surface area contributed by atoms with Crippen LogP contribution in [0.15, 0.2) is 53.0 Å². The predicted molar refractivity (Wildman–Crippen MR) is 90.0 cm³/mol. The van der Waals surface area contributed by atoms with Crippen molar-refractivity contribution in [1.82, 2.24) is 4.98 Å². The Balaban J connectivity index is 2.48. The number of benzene rings is 2. The Morgan fingerprint density at radius 2 is 1.71 bits per heavy atom. The highest BCUT2D eigenvalue weighted by atomic mass is 79.9. The number of hydrogen-bond acceptors (Lipinski definition) is 2. The first kappa shape index (κ1) is 16.6. The van der Waals surface area contributed by atoms with E-state index in [1.165, 1.54) is 6.92 Å². The van der Waals surface area contributed by atoms with E-state index in [9.17, 15) is 18.0 Å². The minimum Gasteiger partial charge on any atom is -0.284 e. The number of carbonyl (C=O) groups excluding carboxylic acids is 1. The SMILES string of the molecule is Cc1nc2c(Br)cccc2c(-c2ccccc2)c1C(=O)C(F)(F)F. The minimum atomic E-state index is -4.96. The fraction of sp³-hybridized carbons (Fsp3) is 0.111. The molecule has 0 atom stereocenters. The van der Waals surface area contributed by atoms with Crippen LogP contribution in [0.4, 0.5) is 13.2 Å². The van der Waals surface area contributed by atoms with Crippen molar-refractivity contribution in [1.29, 1.82) is 0 Å². The van der Waals surface area contributed by atoms with Gasteiger partial charge in [-0.25, -0.2) is 0 Å².